The number of thiol groups is 1. The number of nitrogens with zero attached hydrogens (tertiary/aromatic N) is 1. The van der Waals surface area contributed by atoms with E-state index in [-0.39, 0.29) is 0 Å². The van der Waals surface area contributed by atoms with E-state index in [1.54, 1.807) is 6.08 Å². The maximum absolute atomic E-state index is 5.69. The lowest BCUT2D eigenvalue weighted by Gasteiger charge is -2.07. The SMILES string of the molecule is C=C/C(S)=C(/N)N=C(CC)C(C)C. The number of hydrogen-bond acceptors (Lipinski definition) is 3. The molecule has 2 N–H and O–H groups in total. The van der Waals surface area contributed by atoms with Crippen LogP contribution in [0.1, 0.15) is 27.2 Å². The van der Waals surface area contributed by atoms with Gasteiger partial charge in [0.25, 0.3) is 0 Å². The Hall–Kier alpha value is -0.700. The Bertz CT molecular complexity index is 239. The van der Waals surface area contributed by atoms with Crippen LogP contribution in [0, 0.1) is 5.92 Å². The lowest BCUT2D eigenvalue weighted by atomic mass is 10.1. The zero-order valence-corrected chi connectivity index (χ0v) is 9.44. The van der Waals surface area contributed by atoms with E-state index < -0.39 is 0 Å². The molecule has 0 unspecified atom stereocenters. The van der Waals surface area contributed by atoms with Gasteiger partial charge >= 0.3 is 0 Å². The molecule has 0 radical (unpaired) electrons. The number of rotatable bonds is 4. The van der Waals surface area contributed by atoms with E-state index >= 15 is 0 Å². The van der Waals surface area contributed by atoms with Crippen LogP contribution in [0.2, 0.25) is 0 Å². The van der Waals surface area contributed by atoms with Crippen LogP contribution in [-0.4, -0.2) is 5.71 Å². The normalized spacial score (nSPS) is 14.4. The molecule has 0 atom stereocenters. The standard InChI is InChI=1S/C10H18N2S/c1-5-8(7(3)4)12-10(11)9(13)6-2/h6-7,13H,2,5,11H2,1,3-4H3/b10-9+,12-8?. The predicted octanol–water partition coefficient (Wildman–Crippen LogP) is 2.74. The Balaban J connectivity index is 4.80. The summed E-state index contributed by atoms with van der Waals surface area (Å²) in [6, 6.07) is 0. The summed E-state index contributed by atoms with van der Waals surface area (Å²) in [4.78, 5) is 4.92. The minimum atomic E-state index is 0.425. The molecule has 0 aliphatic heterocycles. The van der Waals surface area contributed by atoms with Crippen LogP contribution in [0.5, 0.6) is 0 Å². The summed E-state index contributed by atoms with van der Waals surface area (Å²) in [6.07, 6.45) is 2.51. The Kier molecular flexibility index (Phi) is 5.55. The van der Waals surface area contributed by atoms with Crippen molar-refractivity contribution in [3.05, 3.63) is 23.4 Å². The highest BCUT2D eigenvalue weighted by Crippen LogP contribution is 2.09. The van der Waals surface area contributed by atoms with Crippen LogP contribution in [0.25, 0.3) is 0 Å². The molecule has 0 bridgehead atoms. The van der Waals surface area contributed by atoms with Gasteiger partial charge in [-0.05, 0) is 12.3 Å². The molecule has 0 saturated heterocycles. The van der Waals surface area contributed by atoms with E-state index in [4.69, 9.17) is 5.73 Å². The minimum Gasteiger partial charge on any atom is -0.383 e. The van der Waals surface area contributed by atoms with Crippen LogP contribution in [0.3, 0.4) is 0 Å². The maximum atomic E-state index is 5.69. The summed E-state index contributed by atoms with van der Waals surface area (Å²) >= 11 is 4.14. The first-order valence-corrected chi connectivity index (χ1v) is 4.86. The lowest BCUT2D eigenvalue weighted by molar-refractivity contribution is 0.852. The van der Waals surface area contributed by atoms with Crippen molar-refractivity contribution < 1.29 is 0 Å². The van der Waals surface area contributed by atoms with Gasteiger partial charge in [0, 0.05) is 10.6 Å². The van der Waals surface area contributed by atoms with Gasteiger partial charge in [0.15, 0.2) is 0 Å². The van der Waals surface area contributed by atoms with Crippen LogP contribution < -0.4 is 5.73 Å². The molecule has 0 rings (SSSR count). The van der Waals surface area contributed by atoms with E-state index in [9.17, 15) is 0 Å². The van der Waals surface area contributed by atoms with Gasteiger partial charge in [-0.15, -0.1) is 12.6 Å². The van der Waals surface area contributed by atoms with E-state index in [1.807, 2.05) is 0 Å². The van der Waals surface area contributed by atoms with Gasteiger partial charge in [-0.3, -0.25) is 0 Å². The Morgan fingerprint density at radius 3 is 2.46 bits per heavy atom. The van der Waals surface area contributed by atoms with E-state index in [0.717, 1.165) is 12.1 Å². The van der Waals surface area contributed by atoms with Crippen molar-refractivity contribution in [1.82, 2.24) is 0 Å². The third kappa shape index (κ3) is 4.18. The number of allylic oxidation sites excluding steroid dienone is 1. The fraction of sp³-hybridized carbons (Fsp3) is 0.500. The molecular formula is C10H18N2S. The molecule has 0 aliphatic carbocycles. The minimum absolute atomic E-state index is 0.425. The first-order chi connectivity index (χ1) is 6.02. The largest absolute Gasteiger partial charge is 0.383 e. The Morgan fingerprint density at radius 2 is 2.15 bits per heavy atom. The second-order valence-electron chi connectivity index (χ2n) is 3.09. The third-order valence-corrected chi connectivity index (χ3v) is 2.16. The number of aliphatic imine (C=N–C) groups is 1. The van der Waals surface area contributed by atoms with Gasteiger partial charge in [0.2, 0.25) is 0 Å². The first kappa shape index (κ1) is 12.3. The number of hydrogen-bond donors (Lipinski definition) is 2. The van der Waals surface area contributed by atoms with E-state index in [2.05, 4.69) is 45.0 Å². The summed E-state index contributed by atoms with van der Waals surface area (Å²) in [7, 11) is 0. The van der Waals surface area contributed by atoms with Crippen LogP contribution in [0.4, 0.5) is 0 Å². The fourth-order valence-electron chi connectivity index (χ4n) is 0.933. The summed E-state index contributed by atoms with van der Waals surface area (Å²) in [5, 5.41) is 0. The van der Waals surface area contributed by atoms with Gasteiger partial charge in [-0.1, -0.05) is 33.4 Å². The molecule has 0 aliphatic rings. The highest BCUT2D eigenvalue weighted by molar-refractivity contribution is 7.84. The van der Waals surface area contributed by atoms with Gasteiger partial charge in [-0.25, -0.2) is 4.99 Å². The average molecular weight is 198 g/mol. The topological polar surface area (TPSA) is 38.4 Å². The van der Waals surface area contributed by atoms with Crippen molar-refractivity contribution in [3.63, 3.8) is 0 Å². The van der Waals surface area contributed by atoms with Crippen molar-refractivity contribution in [1.29, 1.82) is 0 Å². The van der Waals surface area contributed by atoms with Crippen molar-refractivity contribution in [2.24, 2.45) is 16.6 Å². The molecule has 13 heavy (non-hydrogen) atoms. The third-order valence-electron chi connectivity index (χ3n) is 1.75. The highest BCUT2D eigenvalue weighted by atomic mass is 32.1. The average Bonchev–Trinajstić information content (AvgIpc) is 2.11. The van der Waals surface area contributed by atoms with Crippen molar-refractivity contribution in [3.8, 4) is 0 Å². The van der Waals surface area contributed by atoms with Crippen molar-refractivity contribution >= 4 is 18.3 Å². The van der Waals surface area contributed by atoms with Crippen LogP contribution in [0.15, 0.2) is 28.4 Å². The molecule has 74 valence electrons. The molecular weight excluding hydrogens is 180 g/mol. The predicted molar refractivity (Wildman–Crippen MR) is 63.0 cm³/mol. The summed E-state index contributed by atoms with van der Waals surface area (Å²) in [5.41, 5.74) is 6.78. The molecule has 0 fully saturated rings. The molecule has 0 aromatic carbocycles. The summed E-state index contributed by atoms with van der Waals surface area (Å²) < 4.78 is 0. The monoisotopic (exact) mass is 198 g/mol. The van der Waals surface area contributed by atoms with Gasteiger partial charge in [-0.2, -0.15) is 0 Å². The quantitative estimate of drug-likeness (QED) is 0.407. The Morgan fingerprint density at radius 1 is 1.62 bits per heavy atom. The molecule has 0 spiro atoms. The molecule has 2 nitrogen and oxygen atoms in total. The maximum Gasteiger partial charge on any atom is 0.136 e. The second-order valence-corrected chi connectivity index (χ2v) is 3.57. The first-order valence-electron chi connectivity index (χ1n) is 4.41. The molecule has 3 heteroatoms. The zero-order valence-electron chi connectivity index (χ0n) is 8.54. The van der Waals surface area contributed by atoms with Gasteiger partial charge < -0.3 is 5.73 Å². The van der Waals surface area contributed by atoms with Gasteiger partial charge in [0.1, 0.15) is 5.82 Å². The summed E-state index contributed by atoms with van der Waals surface area (Å²) in [5.74, 6) is 0.874. The molecule has 0 aromatic heterocycles. The lowest BCUT2D eigenvalue weighted by Crippen LogP contribution is -2.09. The highest BCUT2D eigenvalue weighted by Gasteiger charge is 2.03. The van der Waals surface area contributed by atoms with E-state index in [1.165, 1.54) is 0 Å². The van der Waals surface area contributed by atoms with E-state index in [0.29, 0.717) is 16.6 Å². The molecule has 0 amide bonds. The number of nitrogens with two attached hydrogens (primary N) is 1. The van der Waals surface area contributed by atoms with Crippen molar-refractivity contribution in [2.75, 3.05) is 0 Å². The van der Waals surface area contributed by atoms with Gasteiger partial charge in [0.05, 0.1) is 0 Å². The molecule has 0 heterocycles. The second kappa shape index (κ2) is 5.86. The van der Waals surface area contributed by atoms with Crippen molar-refractivity contribution in [2.45, 2.75) is 27.2 Å². The summed E-state index contributed by atoms with van der Waals surface area (Å²) in [6.45, 7) is 9.84. The Labute approximate surface area is 86.0 Å². The fourth-order valence-corrected chi connectivity index (χ4v) is 0.983. The molecule has 0 saturated carbocycles. The zero-order chi connectivity index (χ0) is 10.4. The molecule has 0 aromatic rings. The van der Waals surface area contributed by atoms with Crippen LogP contribution in [-0.2, 0) is 0 Å². The van der Waals surface area contributed by atoms with Crippen LogP contribution >= 0.6 is 12.6 Å². The smallest absolute Gasteiger partial charge is 0.136 e.